The fourth-order valence-electron chi connectivity index (χ4n) is 2.63. The van der Waals surface area contributed by atoms with Gasteiger partial charge in [-0.05, 0) is 44.2 Å². The van der Waals surface area contributed by atoms with Crippen molar-refractivity contribution in [2.24, 2.45) is 17.6 Å². The molecule has 2 N–H and O–H groups in total. The van der Waals surface area contributed by atoms with Crippen molar-refractivity contribution in [2.45, 2.75) is 32.2 Å². The minimum atomic E-state index is 0. The molecule has 0 aliphatic carbocycles. The van der Waals surface area contributed by atoms with Crippen LogP contribution in [-0.4, -0.2) is 43.8 Å². The van der Waals surface area contributed by atoms with Gasteiger partial charge >= 0.3 is 0 Å². The van der Waals surface area contributed by atoms with Crippen LogP contribution < -0.4 is 5.73 Å². The largest absolute Gasteiger partial charge is 0.381 e. The van der Waals surface area contributed by atoms with Crippen molar-refractivity contribution in [3.8, 4) is 0 Å². The topological polar surface area (TPSA) is 38.5 Å². The summed E-state index contributed by atoms with van der Waals surface area (Å²) in [6.45, 7) is 7.86. The molecule has 2 heterocycles. The molecule has 0 bridgehead atoms. The number of rotatable bonds is 3. The Morgan fingerprint density at radius 1 is 1.38 bits per heavy atom. The molecule has 2 fully saturated rings. The zero-order chi connectivity index (χ0) is 10.7. The van der Waals surface area contributed by atoms with Crippen molar-refractivity contribution >= 4 is 12.4 Å². The predicted octanol–water partition coefficient (Wildman–Crippen LogP) is 1.50. The Kier molecular flexibility index (Phi) is 6.05. The summed E-state index contributed by atoms with van der Waals surface area (Å²) in [4.78, 5) is 2.58. The lowest BCUT2D eigenvalue weighted by molar-refractivity contribution is 0.147. The number of nitrogens with zero attached hydrogens (tertiary/aromatic N) is 1. The summed E-state index contributed by atoms with van der Waals surface area (Å²) in [6, 6.07) is 0.427. The Bertz CT molecular complexity index is 197. The molecular weight excluding hydrogens is 224 g/mol. The first-order valence-electron chi connectivity index (χ1n) is 6.31. The predicted molar refractivity (Wildman–Crippen MR) is 69.0 cm³/mol. The maximum atomic E-state index is 6.01. The van der Waals surface area contributed by atoms with Gasteiger partial charge in [0, 0.05) is 25.8 Å². The van der Waals surface area contributed by atoms with Crippen LogP contribution in [0, 0.1) is 11.8 Å². The molecule has 2 rings (SSSR count). The molecule has 0 aromatic heterocycles. The molecule has 0 saturated carbocycles. The van der Waals surface area contributed by atoms with E-state index in [1.807, 2.05) is 0 Å². The van der Waals surface area contributed by atoms with Crippen LogP contribution in [0.4, 0.5) is 0 Å². The minimum Gasteiger partial charge on any atom is -0.381 e. The highest BCUT2D eigenvalue weighted by molar-refractivity contribution is 5.85. The summed E-state index contributed by atoms with van der Waals surface area (Å²) < 4.78 is 5.40. The van der Waals surface area contributed by atoms with Crippen LogP contribution in [0.15, 0.2) is 0 Å². The lowest BCUT2D eigenvalue weighted by Crippen LogP contribution is -2.46. The number of nitrogens with two attached hydrogens (primary N) is 1. The monoisotopic (exact) mass is 248 g/mol. The van der Waals surface area contributed by atoms with Gasteiger partial charge in [0.1, 0.15) is 0 Å². The first kappa shape index (κ1) is 14.2. The second-order valence-electron chi connectivity index (χ2n) is 5.25. The Hall–Kier alpha value is 0.170. The molecule has 0 aromatic carbocycles. The SMILES string of the molecule is CC1CN(CCC2CCOC2)CCC1N.Cl. The van der Waals surface area contributed by atoms with E-state index < -0.39 is 0 Å². The van der Waals surface area contributed by atoms with Crippen LogP contribution in [0.3, 0.4) is 0 Å². The summed E-state index contributed by atoms with van der Waals surface area (Å²) in [5.74, 6) is 1.48. The van der Waals surface area contributed by atoms with E-state index in [0.29, 0.717) is 12.0 Å². The molecule has 2 aliphatic rings. The van der Waals surface area contributed by atoms with Crippen LogP contribution in [-0.2, 0) is 4.74 Å². The van der Waals surface area contributed by atoms with Crippen LogP contribution >= 0.6 is 12.4 Å². The molecule has 0 spiro atoms. The molecular formula is C12H25ClN2O. The highest BCUT2D eigenvalue weighted by Gasteiger charge is 2.24. The van der Waals surface area contributed by atoms with Gasteiger partial charge in [0.2, 0.25) is 0 Å². The number of hydrogen-bond acceptors (Lipinski definition) is 3. The van der Waals surface area contributed by atoms with E-state index >= 15 is 0 Å². The lowest BCUT2D eigenvalue weighted by Gasteiger charge is -2.35. The quantitative estimate of drug-likeness (QED) is 0.823. The van der Waals surface area contributed by atoms with Crippen molar-refractivity contribution < 1.29 is 4.74 Å². The van der Waals surface area contributed by atoms with Crippen molar-refractivity contribution in [1.82, 2.24) is 4.90 Å². The first-order chi connectivity index (χ1) is 7.25. The Morgan fingerprint density at radius 3 is 2.81 bits per heavy atom. The van der Waals surface area contributed by atoms with Gasteiger partial charge in [0.05, 0.1) is 0 Å². The van der Waals surface area contributed by atoms with Crippen molar-refractivity contribution in [2.75, 3.05) is 32.8 Å². The molecule has 2 aliphatic heterocycles. The normalized spacial score (nSPS) is 36.0. The number of halogens is 1. The summed E-state index contributed by atoms with van der Waals surface area (Å²) in [6.07, 6.45) is 3.74. The smallest absolute Gasteiger partial charge is 0.0495 e. The van der Waals surface area contributed by atoms with E-state index in [0.717, 1.165) is 19.1 Å². The fraction of sp³-hybridized carbons (Fsp3) is 1.00. The van der Waals surface area contributed by atoms with Crippen molar-refractivity contribution in [3.63, 3.8) is 0 Å². The molecule has 96 valence electrons. The summed E-state index contributed by atoms with van der Waals surface area (Å²) in [7, 11) is 0. The Morgan fingerprint density at radius 2 is 2.19 bits per heavy atom. The molecule has 0 radical (unpaired) electrons. The highest BCUT2D eigenvalue weighted by Crippen LogP contribution is 2.19. The van der Waals surface area contributed by atoms with Crippen molar-refractivity contribution in [3.05, 3.63) is 0 Å². The zero-order valence-electron chi connectivity index (χ0n) is 10.2. The molecule has 0 aromatic rings. The number of piperidine rings is 1. The maximum Gasteiger partial charge on any atom is 0.0495 e. The fourth-order valence-corrected chi connectivity index (χ4v) is 2.63. The van der Waals surface area contributed by atoms with Gasteiger partial charge in [-0.2, -0.15) is 0 Å². The minimum absolute atomic E-state index is 0. The number of ether oxygens (including phenoxy) is 1. The summed E-state index contributed by atoms with van der Waals surface area (Å²) >= 11 is 0. The van der Waals surface area contributed by atoms with Crippen molar-refractivity contribution in [1.29, 1.82) is 0 Å². The summed E-state index contributed by atoms with van der Waals surface area (Å²) in [5.41, 5.74) is 6.01. The molecule has 3 atom stereocenters. The van der Waals surface area contributed by atoms with Crippen LogP contribution in [0.1, 0.15) is 26.2 Å². The second-order valence-corrected chi connectivity index (χ2v) is 5.25. The van der Waals surface area contributed by atoms with E-state index in [4.69, 9.17) is 10.5 Å². The first-order valence-corrected chi connectivity index (χ1v) is 6.31. The lowest BCUT2D eigenvalue weighted by atomic mass is 9.94. The summed E-state index contributed by atoms with van der Waals surface area (Å²) in [5, 5.41) is 0. The van der Waals surface area contributed by atoms with E-state index in [1.54, 1.807) is 0 Å². The number of likely N-dealkylation sites (tertiary alicyclic amines) is 1. The third-order valence-corrected chi connectivity index (χ3v) is 3.93. The third kappa shape index (κ3) is 3.88. The Labute approximate surface area is 105 Å². The van der Waals surface area contributed by atoms with Gasteiger partial charge in [0.15, 0.2) is 0 Å². The van der Waals surface area contributed by atoms with Crippen LogP contribution in [0.25, 0.3) is 0 Å². The highest BCUT2D eigenvalue weighted by atomic mass is 35.5. The van der Waals surface area contributed by atoms with Gasteiger partial charge in [0.25, 0.3) is 0 Å². The zero-order valence-corrected chi connectivity index (χ0v) is 11.0. The van der Waals surface area contributed by atoms with Gasteiger partial charge in [-0.1, -0.05) is 6.92 Å². The molecule has 4 heteroatoms. The van der Waals surface area contributed by atoms with Gasteiger partial charge in [-0.3, -0.25) is 0 Å². The number of hydrogen-bond donors (Lipinski definition) is 1. The average molecular weight is 249 g/mol. The van der Waals surface area contributed by atoms with Crippen LogP contribution in [0.5, 0.6) is 0 Å². The van der Waals surface area contributed by atoms with E-state index in [-0.39, 0.29) is 12.4 Å². The third-order valence-electron chi connectivity index (χ3n) is 3.93. The second kappa shape index (κ2) is 6.80. The van der Waals surface area contributed by atoms with Crippen LogP contribution in [0.2, 0.25) is 0 Å². The molecule has 2 saturated heterocycles. The molecule has 16 heavy (non-hydrogen) atoms. The van der Waals surface area contributed by atoms with E-state index in [1.165, 1.54) is 38.9 Å². The van der Waals surface area contributed by atoms with E-state index in [9.17, 15) is 0 Å². The average Bonchev–Trinajstić information content (AvgIpc) is 2.73. The maximum absolute atomic E-state index is 6.01. The molecule has 0 amide bonds. The van der Waals surface area contributed by atoms with Gasteiger partial charge in [-0.25, -0.2) is 0 Å². The van der Waals surface area contributed by atoms with Gasteiger partial charge in [-0.15, -0.1) is 12.4 Å². The molecule has 3 unspecified atom stereocenters. The van der Waals surface area contributed by atoms with E-state index in [2.05, 4.69) is 11.8 Å². The Balaban J connectivity index is 0.00000128. The molecule has 3 nitrogen and oxygen atoms in total. The standard InChI is InChI=1S/C12H24N2O.ClH/c1-10-8-14(6-3-12(10)13)5-2-11-4-7-15-9-11;/h10-12H,2-9,13H2,1H3;1H. The van der Waals surface area contributed by atoms with Gasteiger partial charge < -0.3 is 15.4 Å².